The molecule has 1 N–H and O–H groups in total. The Kier molecular flexibility index (Phi) is 6.79. The van der Waals surface area contributed by atoms with Crippen LogP contribution in [0.5, 0.6) is 0 Å². The van der Waals surface area contributed by atoms with E-state index in [-0.39, 0.29) is 8.68 Å². The summed E-state index contributed by atoms with van der Waals surface area (Å²) in [5.74, 6) is 1.12. The zero-order valence-corrected chi connectivity index (χ0v) is 12.7. The summed E-state index contributed by atoms with van der Waals surface area (Å²) in [6.07, 6.45) is 6.35. The number of thioether (sulfide) groups is 1. The van der Waals surface area contributed by atoms with Gasteiger partial charge in [0, 0.05) is 6.54 Å². The predicted octanol–water partition coefficient (Wildman–Crippen LogP) is 2.61. The molecule has 1 aromatic heterocycles. The van der Waals surface area contributed by atoms with Gasteiger partial charge in [0.15, 0.2) is 8.68 Å². The fraction of sp³-hybridized carbons (Fsp3) is 0.667. The van der Waals surface area contributed by atoms with Crippen molar-refractivity contribution in [3.8, 4) is 0 Å². The summed E-state index contributed by atoms with van der Waals surface area (Å²) in [5.41, 5.74) is 0. The highest BCUT2D eigenvalue weighted by atomic mass is 35.5. The van der Waals surface area contributed by atoms with Gasteiger partial charge in [0.05, 0.1) is 6.20 Å². The number of nitrogens with zero attached hydrogens (tertiary/aromatic N) is 1. The monoisotopic (exact) mass is 314 g/mol. The van der Waals surface area contributed by atoms with Gasteiger partial charge in [-0.05, 0) is 24.9 Å². The molecule has 0 aliphatic heterocycles. The van der Waals surface area contributed by atoms with Crippen LogP contribution < -0.4 is 4.72 Å². The van der Waals surface area contributed by atoms with Crippen LogP contribution in [-0.2, 0) is 10.0 Å². The quantitative estimate of drug-likeness (QED) is 0.749. The zero-order chi connectivity index (χ0) is 12.7. The number of halogens is 1. The van der Waals surface area contributed by atoms with Gasteiger partial charge in [-0.15, -0.1) is 0 Å². The molecule has 0 fully saturated rings. The number of aromatic nitrogens is 1. The van der Waals surface area contributed by atoms with Gasteiger partial charge in [-0.1, -0.05) is 29.4 Å². The first-order valence-corrected chi connectivity index (χ1v) is 9.23. The Hall–Kier alpha value is 0.180. The van der Waals surface area contributed by atoms with Crippen molar-refractivity contribution in [2.45, 2.75) is 23.5 Å². The lowest BCUT2D eigenvalue weighted by Gasteiger charge is -2.03. The van der Waals surface area contributed by atoms with Crippen LogP contribution in [0.4, 0.5) is 0 Å². The van der Waals surface area contributed by atoms with Gasteiger partial charge in [-0.3, -0.25) is 0 Å². The zero-order valence-electron chi connectivity index (χ0n) is 9.48. The van der Waals surface area contributed by atoms with E-state index in [1.54, 1.807) is 11.8 Å². The fourth-order valence-electron chi connectivity index (χ4n) is 1.19. The Morgan fingerprint density at radius 2 is 2.24 bits per heavy atom. The summed E-state index contributed by atoms with van der Waals surface area (Å²) in [6, 6.07) is 0. The molecule has 98 valence electrons. The van der Waals surface area contributed by atoms with Crippen molar-refractivity contribution in [2.24, 2.45) is 0 Å². The molecule has 1 heterocycles. The number of sulfonamides is 1. The van der Waals surface area contributed by atoms with E-state index in [0.717, 1.165) is 36.4 Å². The van der Waals surface area contributed by atoms with Crippen molar-refractivity contribution >= 4 is 44.7 Å². The van der Waals surface area contributed by atoms with Crippen LogP contribution in [-0.4, -0.2) is 32.0 Å². The molecule has 1 aromatic rings. The number of hydrogen-bond donors (Lipinski definition) is 1. The van der Waals surface area contributed by atoms with Gasteiger partial charge < -0.3 is 0 Å². The average molecular weight is 315 g/mol. The van der Waals surface area contributed by atoms with Crippen LogP contribution in [0.3, 0.4) is 0 Å². The molecule has 4 nitrogen and oxygen atoms in total. The Morgan fingerprint density at radius 3 is 2.82 bits per heavy atom. The first-order chi connectivity index (χ1) is 8.06. The number of unbranched alkanes of at least 4 members (excludes halogenated alkanes) is 2. The Morgan fingerprint density at radius 1 is 1.47 bits per heavy atom. The lowest BCUT2D eigenvalue weighted by Crippen LogP contribution is -2.24. The molecule has 0 aliphatic carbocycles. The van der Waals surface area contributed by atoms with Gasteiger partial charge in [-0.25, -0.2) is 18.1 Å². The minimum Gasteiger partial charge on any atom is -0.232 e. The van der Waals surface area contributed by atoms with Crippen LogP contribution in [0, 0.1) is 0 Å². The Labute approximate surface area is 115 Å². The molecule has 0 amide bonds. The lowest BCUT2D eigenvalue weighted by molar-refractivity contribution is 0.578. The number of nitrogens with one attached hydrogen (secondary N) is 1. The fourth-order valence-corrected chi connectivity index (χ4v) is 4.09. The molecular weight excluding hydrogens is 300 g/mol. The van der Waals surface area contributed by atoms with Crippen molar-refractivity contribution in [2.75, 3.05) is 18.6 Å². The maximum Gasteiger partial charge on any atom is 0.251 e. The summed E-state index contributed by atoms with van der Waals surface area (Å²) in [4.78, 5) is 3.71. The summed E-state index contributed by atoms with van der Waals surface area (Å²) < 4.78 is 26.4. The van der Waals surface area contributed by atoms with Crippen molar-refractivity contribution < 1.29 is 8.42 Å². The van der Waals surface area contributed by atoms with E-state index < -0.39 is 10.0 Å². The van der Waals surface area contributed by atoms with Crippen molar-refractivity contribution in [3.63, 3.8) is 0 Å². The smallest absolute Gasteiger partial charge is 0.232 e. The van der Waals surface area contributed by atoms with E-state index in [4.69, 9.17) is 11.6 Å². The predicted molar refractivity (Wildman–Crippen MR) is 74.5 cm³/mol. The van der Waals surface area contributed by atoms with E-state index >= 15 is 0 Å². The molecule has 0 aromatic carbocycles. The largest absolute Gasteiger partial charge is 0.251 e. The molecule has 0 saturated carbocycles. The van der Waals surface area contributed by atoms with Gasteiger partial charge in [0.25, 0.3) is 10.0 Å². The summed E-state index contributed by atoms with van der Waals surface area (Å²) in [6.45, 7) is 0.465. The topological polar surface area (TPSA) is 59.1 Å². The van der Waals surface area contributed by atoms with E-state index in [1.807, 2.05) is 0 Å². The van der Waals surface area contributed by atoms with Crippen LogP contribution >= 0.6 is 34.7 Å². The van der Waals surface area contributed by atoms with Crippen LogP contribution in [0.25, 0.3) is 0 Å². The van der Waals surface area contributed by atoms with Gasteiger partial charge >= 0.3 is 0 Å². The highest BCUT2D eigenvalue weighted by Crippen LogP contribution is 2.21. The van der Waals surface area contributed by atoms with Gasteiger partial charge in [0.1, 0.15) is 0 Å². The second-order valence-electron chi connectivity index (χ2n) is 3.38. The number of rotatable bonds is 8. The third kappa shape index (κ3) is 5.56. The van der Waals surface area contributed by atoms with Crippen molar-refractivity contribution in [3.05, 3.63) is 10.7 Å². The molecule has 0 unspecified atom stereocenters. The molecule has 0 atom stereocenters. The molecule has 8 heteroatoms. The second-order valence-corrected chi connectivity index (χ2v) is 7.98. The lowest BCUT2D eigenvalue weighted by atomic mass is 10.2. The standard InChI is InChI=1S/C9H15ClN2O2S3/c1-15-6-4-2-3-5-12-17(13,14)8-7-11-9(10)16-8/h7,12H,2-6H2,1H3. The molecule has 0 spiro atoms. The number of hydrogen-bond acceptors (Lipinski definition) is 5. The minimum absolute atomic E-state index is 0.173. The molecule has 0 aliphatic rings. The Balaban J connectivity index is 2.31. The van der Waals surface area contributed by atoms with Gasteiger partial charge in [-0.2, -0.15) is 11.8 Å². The molecule has 0 saturated heterocycles. The molecule has 17 heavy (non-hydrogen) atoms. The van der Waals surface area contributed by atoms with Gasteiger partial charge in [0.2, 0.25) is 0 Å². The Bertz CT molecular complexity index is 433. The third-order valence-electron chi connectivity index (χ3n) is 2.04. The van der Waals surface area contributed by atoms with Crippen molar-refractivity contribution in [1.29, 1.82) is 0 Å². The highest BCUT2D eigenvalue weighted by molar-refractivity contribution is 7.98. The highest BCUT2D eigenvalue weighted by Gasteiger charge is 2.16. The SMILES string of the molecule is CSCCCCCNS(=O)(=O)c1cnc(Cl)s1. The summed E-state index contributed by atoms with van der Waals surface area (Å²) in [5, 5.41) is 0. The minimum atomic E-state index is -3.42. The third-order valence-corrected chi connectivity index (χ3v) is 5.77. The molecule has 0 bridgehead atoms. The van der Waals surface area contributed by atoms with E-state index in [9.17, 15) is 8.42 Å². The summed E-state index contributed by atoms with van der Waals surface area (Å²) >= 11 is 8.37. The number of thiazole rings is 1. The first-order valence-electron chi connectivity index (χ1n) is 5.16. The first kappa shape index (κ1) is 15.2. The molecule has 1 rings (SSSR count). The van der Waals surface area contributed by atoms with E-state index in [2.05, 4.69) is 16.0 Å². The van der Waals surface area contributed by atoms with E-state index in [1.165, 1.54) is 6.20 Å². The molecular formula is C9H15ClN2O2S3. The van der Waals surface area contributed by atoms with Crippen molar-refractivity contribution in [1.82, 2.24) is 9.71 Å². The normalized spacial score (nSPS) is 11.9. The van der Waals surface area contributed by atoms with Crippen LogP contribution in [0.1, 0.15) is 19.3 Å². The second kappa shape index (κ2) is 7.58. The average Bonchev–Trinajstić information content (AvgIpc) is 2.71. The van der Waals surface area contributed by atoms with Crippen LogP contribution in [0.15, 0.2) is 10.4 Å². The molecule has 0 radical (unpaired) electrons. The summed E-state index contributed by atoms with van der Waals surface area (Å²) in [7, 11) is -3.42. The maximum absolute atomic E-state index is 11.7. The van der Waals surface area contributed by atoms with E-state index in [0.29, 0.717) is 6.54 Å². The maximum atomic E-state index is 11.7. The van der Waals surface area contributed by atoms with Crippen LogP contribution in [0.2, 0.25) is 4.47 Å².